The van der Waals surface area contributed by atoms with Crippen molar-refractivity contribution < 1.29 is 4.92 Å². The topological polar surface area (TPSA) is 81.0 Å². The summed E-state index contributed by atoms with van der Waals surface area (Å²) in [4.78, 5) is 18.2. The van der Waals surface area contributed by atoms with E-state index >= 15 is 0 Å². The van der Waals surface area contributed by atoms with E-state index in [2.05, 4.69) is 15.3 Å². The zero-order valence-electron chi connectivity index (χ0n) is 10.1. The fourth-order valence-electron chi connectivity index (χ4n) is 1.71. The van der Waals surface area contributed by atoms with Crippen LogP contribution in [-0.2, 0) is 0 Å². The summed E-state index contributed by atoms with van der Waals surface area (Å²) in [5.74, 6) is 0.206. The van der Waals surface area contributed by atoms with Gasteiger partial charge in [0, 0.05) is 11.3 Å². The van der Waals surface area contributed by atoms with Gasteiger partial charge >= 0.3 is 5.69 Å². The van der Waals surface area contributed by atoms with Gasteiger partial charge in [-0.3, -0.25) is 10.1 Å². The zero-order chi connectivity index (χ0) is 13.3. The number of hydrogen-bond donors (Lipinski definition) is 1. The standard InChI is InChI=1S/C10H13ClN4O2S/c1-6-7(15(16)17)8(14-9(11)13-6)12-5-10(18-2)3-4-10/h3-5H2,1-2H3,(H,12,13,14). The number of halogens is 1. The van der Waals surface area contributed by atoms with Gasteiger partial charge in [-0.05, 0) is 37.6 Å². The van der Waals surface area contributed by atoms with Crippen LogP contribution in [0.25, 0.3) is 0 Å². The first kappa shape index (κ1) is 13.4. The van der Waals surface area contributed by atoms with Gasteiger partial charge in [0.25, 0.3) is 0 Å². The van der Waals surface area contributed by atoms with Gasteiger partial charge in [-0.25, -0.2) is 4.98 Å². The summed E-state index contributed by atoms with van der Waals surface area (Å²) >= 11 is 7.51. The normalized spacial score (nSPS) is 16.4. The van der Waals surface area contributed by atoms with Crippen molar-refractivity contribution in [3.8, 4) is 0 Å². The average molecular weight is 289 g/mol. The van der Waals surface area contributed by atoms with E-state index < -0.39 is 4.92 Å². The molecule has 8 heteroatoms. The maximum Gasteiger partial charge on any atom is 0.332 e. The van der Waals surface area contributed by atoms with Gasteiger partial charge in [0.05, 0.1) is 4.92 Å². The number of aromatic nitrogens is 2. The molecule has 0 bridgehead atoms. The van der Waals surface area contributed by atoms with E-state index in [1.807, 2.05) is 6.26 Å². The molecule has 0 unspecified atom stereocenters. The number of rotatable bonds is 5. The first-order chi connectivity index (χ1) is 8.47. The summed E-state index contributed by atoms with van der Waals surface area (Å²) in [7, 11) is 0. The van der Waals surface area contributed by atoms with Crippen LogP contribution in [0.1, 0.15) is 18.5 Å². The molecule has 0 aromatic carbocycles. The molecule has 0 radical (unpaired) electrons. The molecule has 0 aliphatic heterocycles. The second-order valence-electron chi connectivity index (χ2n) is 4.27. The molecule has 0 amide bonds. The minimum Gasteiger partial charge on any atom is -0.363 e. The van der Waals surface area contributed by atoms with Crippen molar-refractivity contribution in [2.75, 3.05) is 18.1 Å². The molecule has 1 fully saturated rings. The van der Waals surface area contributed by atoms with Crippen LogP contribution < -0.4 is 5.32 Å². The van der Waals surface area contributed by atoms with Crippen LogP contribution in [0.3, 0.4) is 0 Å². The highest BCUT2D eigenvalue weighted by atomic mass is 35.5. The highest BCUT2D eigenvalue weighted by Gasteiger charge is 2.42. The largest absolute Gasteiger partial charge is 0.363 e. The maximum absolute atomic E-state index is 11.0. The van der Waals surface area contributed by atoms with Crippen LogP contribution in [0.4, 0.5) is 11.5 Å². The highest BCUT2D eigenvalue weighted by Crippen LogP contribution is 2.47. The molecular formula is C10H13ClN4O2S. The Morgan fingerprint density at radius 2 is 2.22 bits per heavy atom. The number of hydrogen-bond acceptors (Lipinski definition) is 6. The Morgan fingerprint density at radius 1 is 1.56 bits per heavy atom. The van der Waals surface area contributed by atoms with Gasteiger partial charge < -0.3 is 5.32 Å². The first-order valence-corrected chi connectivity index (χ1v) is 7.05. The third-order valence-corrected chi connectivity index (χ3v) is 4.62. The van der Waals surface area contributed by atoms with Crippen LogP contribution in [-0.4, -0.2) is 32.4 Å². The zero-order valence-corrected chi connectivity index (χ0v) is 11.6. The summed E-state index contributed by atoms with van der Waals surface area (Å²) < 4.78 is 0.194. The number of anilines is 1. The van der Waals surface area contributed by atoms with E-state index in [1.54, 1.807) is 18.7 Å². The molecule has 1 aliphatic carbocycles. The fourth-order valence-corrected chi connectivity index (χ4v) is 2.65. The molecule has 1 saturated carbocycles. The lowest BCUT2D eigenvalue weighted by Gasteiger charge is -2.13. The van der Waals surface area contributed by atoms with E-state index in [9.17, 15) is 10.1 Å². The molecular weight excluding hydrogens is 276 g/mol. The number of nitrogens with one attached hydrogen (secondary N) is 1. The van der Waals surface area contributed by atoms with Crippen molar-refractivity contribution in [3.63, 3.8) is 0 Å². The summed E-state index contributed by atoms with van der Waals surface area (Å²) in [6.07, 6.45) is 4.28. The lowest BCUT2D eigenvalue weighted by molar-refractivity contribution is -0.385. The van der Waals surface area contributed by atoms with Gasteiger partial charge in [0.15, 0.2) is 0 Å². The van der Waals surface area contributed by atoms with Crippen molar-refractivity contribution in [2.24, 2.45) is 0 Å². The van der Waals surface area contributed by atoms with E-state index in [-0.39, 0.29) is 27.2 Å². The van der Waals surface area contributed by atoms with Crippen molar-refractivity contribution in [2.45, 2.75) is 24.5 Å². The SMILES string of the molecule is CSC1(CNc2nc(Cl)nc(C)c2[N+](=O)[O-])CC1. The Labute approximate surface area is 114 Å². The molecule has 18 heavy (non-hydrogen) atoms. The molecule has 1 aromatic rings. The van der Waals surface area contributed by atoms with Crippen LogP contribution in [0.5, 0.6) is 0 Å². The Kier molecular flexibility index (Phi) is 3.63. The molecule has 1 heterocycles. The van der Waals surface area contributed by atoms with Gasteiger partial charge in [-0.15, -0.1) is 0 Å². The molecule has 0 saturated heterocycles. The third-order valence-electron chi connectivity index (χ3n) is 3.03. The van der Waals surface area contributed by atoms with E-state index in [4.69, 9.17) is 11.6 Å². The van der Waals surface area contributed by atoms with Crippen LogP contribution in [0.2, 0.25) is 5.28 Å². The molecule has 0 spiro atoms. The minimum atomic E-state index is -0.480. The Morgan fingerprint density at radius 3 is 2.72 bits per heavy atom. The summed E-state index contributed by atoms with van der Waals surface area (Å²) in [5.41, 5.74) is 0.174. The summed E-state index contributed by atoms with van der Waals surface area (Å²) in [5, 5.41) is 14.1. The van der Waals surface area contributed by atoms with E-state index in [0.29, 0.717) is 6.54 Å². The third kappa shape index (κ3) is 2.67. The highest BCUT2D eigenvalue weighted by molar-refractivity contribution is 8.00. The monoisotopic (exact) mass is 288 g/mol. The second kappa shape index (κ2) is 4.89. The number of nitrogens with zero attached hydrogens (tertiary/aromatic N) is 3. The molecule has 0 atom stereocenters. The van der Waals surface area contributed by atoms with Gasteiger partial charge in [-0.1, -0.05) is 0 Å². The minimum absolute atomic E-state index is 0.0228. The van der Waals surface area contributed by atoms with Crippen molar-refractivity contribution >= 4 is 34.9 Å². The predicted molar refractivity (Wildman–Crippen MR) is 72.4 cm³/mol. The smallest absolute Gasteiger partial charge is 0.332 e. The van der Waals surface area contributed by atoms with Crippen LogP contribution >= 0.6 is 23.4 Å². The van der Waals surface area contributed by atoms with Gasteiger partial charge in [0.2, 0.25) is 11.1 Å². The Balaban J connectivity index is 2.23. The Hall–Kier alpha value is -1.08. The lowest BCUT2D eigenvalue weighted by Crippen LogP contribution is -2.19. The van der Waals surface area contributed by atoms with Crippen molar-refractivity contribution in [3.05, 3.63) is 21.1 Å². The number of thioether (sulfide) groups is 1. The molecule has 6 nitrogen and oxygen atoms in total. The van der Waals surface area contributed by atoms with Crippen LogP contribution in [0.15, 0.2) is 0 Å². The average Bonchev–Trinajstić information content (AvgIpc) is 3.05. The molecule has 1 aliphatic rings. The van der Waals surface area contributed by atoms with Crippen molar-refractivity contribution in [1.82, 2.24) is 9.97 Å². The molecule has 1 N–H and O–H groups in total. The van der Waals surface area contributed by atoms with Crippen LogP contribution in [0, 0.1) is 17.0 Å². The van der Waals surface area contributed by atoms with Gasteiger partial charge in [0.1, 0.15) is 5.69 Å². The first-order valence-electron chi connectivity index (χ1n) is 5.45. The molecule has 1 aromatic heterocycles. The second-order valence-corrected chi connectivity index (χ2v) is 5.89. The predicted octanol–water partition coefficient (Wildman–Crippen LogP) is 2.65. The lowest BCUT2D eigenvalue weighted by atomic mass is 10.3. The van der Waals surface area contributed by atoms with E-state index in [1.165, 1.54) is 0 Å². The number of aryl methyl sites for hydroxylation is 1. The maximum atomic E-state index is 11.0. The Bertz CT molecular complexity index is 493. The molecule has 98 valence electrons. The molecule has 2 rings (SSSR count). The quantitative estimate of drug-likeness (QED) is 0.510. The van der Waals surface area contributed by atoms with Gasteiger partial charge in [-0.2, -0.15) is 16.7 Å². The number of nitro groups is 1. The summed E-state index contributed by atoms with van der Waals surface area (Å²) in [6.45, 7) is 2.21. The summed E-state index contributed by atoms with van der Waals surface area (Å²) in [6, 6.07) is 0. The van der Waals surface area contributed by atoms with E-state index in [0.717, 1.165) is 12.8 Å². The van der Waals surface area contributed by atoms with Crippen molar-refractivity contribution in [1.29, 1.82) is 0 Å². The fraction of sp³-hybridized carbons (Fsp3) is 0.600.